The fourth-order valence-corrected chi connectivity index (χ4v) is 12.9. The first-order valence-electron chi connectivity index (χ1n) is 32.4. The summed E-state index contributed by atoms with van der Waals surface area (Å²) in [5, 5.41) is 32.2. The van der Waals surface area contributed by atoms with Gasteiger partial charge in [-0.05, 0) is 162 Å². The number of amides is 2. The Kier molecular flexibility index (Phi) is 26.6. The number of nitrogens with two attached hydrogens (primary N) is 2. The minimum Gasteiger partial charge on any atom is -0.444 e. The summed E-state index contributed by atoms with van der Waals surface area (Å²) in [6.45, 7) is 27.0. The van der Waals surface area contributed by atoms with E-state index >= 15 is 0 Å². The van der Waals surface area contributed by atoms with Gasteiger partial charge in [-0.3, -0.25) is 24.3 Å². The number of fused-ring (bicyclic) bond motifs is 4. The van der Waals surface area contributed by atoms with E-state index in [1.54, 1.807) is 49.6 Å². The zero-order valence-corrected chi connectivity index (χ0v) is 58.8. The van der Waals surface area contributed by atoms with Crippen LogP contribution in [0.25, 0.3) is 43.6 Å². The molecule has 8 atom stereocenters. The van der Waals surface area contributed by atoms with Gasteiger partial charge in [0.2, 0.25) is 0 Å². The molecule has 4 fully saturated rings. The highest BCUT2D eigenvalue weighted by atomic mass is 79.9. The monoisotopic (exact) mass is 1400 g/mol. The van der Waals surface area contributed by atoms with Crippen molar-refractivity contribution in [2.24, 2.45) is 35.1 Å². The Morgan fingerprint density at radius 1 is 0.568 bits per heavy atom. The maximum Gasteiger partial charge on any atom is 0.407 e. The van der Waals surface area contributed by atoms with Crippen molar-refractivity contribution in [2.75, 3.05) is 74.2 Å². The zero-order valence-electron chi connectivity index (χ0n) is 56.7. The number of halogens is 4. The molecule has 0 radical (unpaired) electrons. The third-order valence-corrected chi connectivity index (χ3v) is 16.9. The number of pyridine rings is 8. The first-order valence-corrected chi connectivity index (χ1v) is 33.2. The lowest BCUT2D eigenvalue weighted by Crippen LogP contribution is -2.51. The van der Waals surface area contributed by atoms with Gasteiger partial charge in [-0.1, -0.05) is 50.9 Å². The van der Waals surface area contributed by atoms with Crippen LogP contribution in [0.1, 0.15) is 108 Å². The lowest BCUT2D eigenvalue weighted by Gasteiger charge is -2.38. The van der Waals surface area contributed by atoms with Gasteiger partial charge in [0, 0.05) is 127 Å². The van der Waals surface area contributed by atoms with Crippen LogP contribution in [0.2, 0.25) is 10.3 Å². The van der Waals surface area contributed by atoms with E-state index in [0.29, 0.717) is 68.5 Å². The molecule has 4 aliphatic rings. The van der Waals surface area contributed by atoms with Crippen LogP contribution in [-0.4, -0.2) is 147 Å². The Morgan fingerprint density at radius 3 is 1.36 bits per heavy atom. The predicted molar refractivity (Wildman–Crippen MR) is 379 cm³/mol. The van der Waals surface area contributed by atoms with Crippen molar-refractivity contribution < 1.29 is 24.8 Å². The molecule has 2 amide bonds. The van der Waals surface area contributed by atoms with Crippen LogP contribution < -0.4 is 42.1 Å². The van der Waals surface area contributed by atoms with Crippen molar-refractivity contribution in [2.45, 2.75) is 130 Å². The van der Waals surface area contributed by atoms with Gasteiger partial charge in [0.15, 0.2) is 21.7 Å². The average Bonchev–Trinajstić information content (AvgIpc) is 0.806. The van der Waals surface area contributed by atoms with Crippen molar-refractivity contribution >= 4 is 112 Å². The second kappa shape index (κ2) is 34.6. The van der Waals surface area contributed by atoms with Crippen LogP contribution >= 0.6 is 39.1 Å². The van der Waals surface area contributed by atoms with Gasteiger partial charge >= 0.3 is 12.2 Å². The highest BCUT2D eigenvalue weighted by molar-refractivity contribution is 9.10. The van der Waals surface area contributed by atoms with Gasteiger partial charge in [0.25, 0.3) is 0 Å². The average molecular weight is 1400 g/mol. The summed E-state index contributed by atoms with van der Waals surface area (Å²) < 4.78 is 27.0. The second-order valence-corrected chi connectivity index (χ2v) is 28.2. The summed E-state index contributed by atoms with van der Waals surface area (Å²) in [6, 6.07) is 20.2. The number of hydrogen-bond acceptors (Lipinski definition) is 20. The molecule has 4 aliphatic heterocycles. The Balaban J connectivity index is 0.000000171. The number of carbonyl (C=O) groups is 2. The Hall–Kier alpha value is -7.97. The van der Waals surface area contributed by atoms with Gasteiger partial charge in [-0.25, -0.2) is 29.5 Å². The lowest BCUT2D eigenvalue weighted by atomic mass is 9.95. The number of nitrogens with zero attached hydrogens (tertiary/aromatic N) is 13. The van der Waals surface area contributed by atoms with Crippen molar-refractivity contribution in [1.82, 2.24) is 55.8 Å². The summed E-state index contributed by atoms with van der Waals surface area (Å²) in [4.78, 5) is 64.2. The highest BCUT2D eigenvalue weighted by Gasteiger charge is 2.31. The maximum atomic E-state index is 12.1. The zero-order chi connectivity index (χ0) is 69.9. The number of nitrogens with one attached hydrogen (secondary N) is 3. The molecule has 506 valence electrons. The number of hydrogen-bond donors (Lipinski definition) is 5. The third kappa shape index (κ3) is 21.5. The van der Waals surface area contributed by atoms with Crippen LogP contribution in [0.4, 0.5) is 31.0 Å². The number of aromatic nitrogens is 8. The van der Waals surface area contributed by atoms with Crippen LogP contribution in [0.3, 0.4) is 0 Å². The second-order valence-electron chi connectivity index (χ2n) is 26.6. The Labute approximate surface area is 576 Å². The van der Waals surface area contributed by atoms with E-state index in [4.69, 9.17) is 56.0 Å². The molecule has 95 heavy (non-hydrogen) atoms. The smallest absolute Gasteiger partial charge is 0.407 e. The maximum absolute atomic E-state index is 12.1. The summed E-state index contributed by atoms with van der Waals surface area (Å²) in [5.41, 5.74) is 17.9. The molecular weight excluding hydrogens is 1310 g/mol. The molecule has 22 nitrogen and oxygen atoms in total. The quantitative estimate of drug-likeness (QED) is 0.100. The van der Waals surface area contributed by atoms with Gasteiger partial charge in [0.05, 0.1) is 44.2 Å². The summed E-state index contributed by atoms with van der Waals surface area (Å²) in [5.74, 6) is 2.15. The van der Waals surface area contributed by atoms with Crippen molar-refractivity contribution in [3.8, 4) is 12.1 Å². The minimum atomic E-state index is -1.00. The molecule has 4 saturated heterocycles. The molecule has 8 aromatic heterocycles. The molecule has 0 spiro atoms. The van der Waals surface area contributed by atoms with E-state index in [1.807, 2.05) is 90.1 Å². The molecule has 12 rings (SSSR count). The topological polar surface area (TPSA) is 301 Å². The van der Waals surface area contributed by atoms with Gasteiger partial charge in [-0.15, -0.1) is 0 Å². The SMILES string of the molecule is C[C@@H]1CNC[C@H](NC(=O)OC(C)(C)C)C1.C[C@H]1C[C@@H](N)CN(c2cnc(C#N)c3ncccc23)C1.C[C@H]1C[C@@H](N)CN(c2cnc(C#N)c3ncccc23)C1.C[C@H]1C[C@@H](NC(=O)OC(C)(C)C)CN(c2cnc(Cl)c3ncccc23)C1.Clc1ncc(Br)c2cccnc12.[2H]CF. The molecule has 0 unspecified atom stereocenters. The summed E-state index contributed by atoms with van der Waals surface area (Å²) in [7, 11) is -1.00. The fraction of sp³-hybridized carbons (Fsp3) is 0.478. The van der Waals surface area contributed by atoms with Gasteiger partial charge in [-0.2, -0.15) is 10.5 Å². The van der Waals surface area contributed by atoms with Crippen LogP contribution in [0.15, 0.2) is 103 Å². The number of alkyl carbamates (subject to hydrolysis) is 2. The van der Waals surface area contributed by atoms with E-state index in [0.717, 1.165) is 120 Å². The minimum absolute atomic E-state index is 0.0102. The molecule has 0 aliphatic carbocycles. The highest BCUT2D eigenvalue weighted by Crippen LogP contribution is 2.34. The third-order valence-electron chi connectivity index (χ3n) is 15.7. The Bertz CT molecular complexity index is 3810. The number of nitriles is 2. The van der Waals surface area contributed by atoms with Crippen molar-refractivity contribution in [3.63, 3.8) is 0 Å². The first kappa shape index (κ1) is 72.9. The number of rotatable bonds is 5. The van der Waals surface area contributed by atoms with Crippen LogP contribution in [-0.2, 0) is 9.47 Å². The summed E-state index contributed by atoms with van der Waals surface area (Å²) >= 11 is 15.4. The van der Waals surface area contributed by atoms with E-state index in [-0.39, 0.29) is 36.4 Å². The normalized spacial score (nSPS) is 21.1. The van der Waals surface area contributed by atoms with Crippen molar-refractivity contribution in [3.05, 3.63) is 124 Å². The van der Waals surface area contributed by atoms with Gasteiger partial charge in [0.1, 0.15) is 45.4 Å². The predicted octanol–water partition coefficient (Wildman–Crippen LogP) is 12.5. The standard InChI is InChI=1S/C19H25ClN4O2.2C15H17N5.C11H22N2O2.C8H4BrClN2.CH3F/c1-12-8-13(23-18(25)26-19(2,3)4)11-24(10-12)15-9-22-17(20)16-14(15)6-5-7-21-16;2*1-10-5-11(17)9-20(8-10)14-7-19-13(6-16)15-12(14)3-2-4-18-15;1-8-5-9(7-12-6-8)13-10(14)15-11(2,3)4;9-6-4-12-8(10)7-5(6)2-1-3-11-7;1-2/h5-7,9,12-13H,8,10-11H2,1-4H3,(H,23,25);2*2-4,7,10-11H,5,8-9,17H2,1H3;8-9,12H,5-7H2,1-4H3,(H,13,14);1-4H;1H3/t12-,13+;2*10-,11+;8-,9+;;/m0000../s1/i;;;;;1D. The molecule has 0 saturated carbocycles. The molecule has 8 aromatic rings. The number of carbonyl (C=O) groups excluding carboxylic acids is 2. The fourth-order valence-electron chi connectivity index (χ4n) is 12.1. The van der Waals surface area contributed by atoms with E-state index in [2.05, 4.69) is 126 Å². The Morgan fingerprint density at radius 2 is 0.937 bits per heavy atom. The molecule has 0 bridgehead atoms. The largest absolute Gasteiger partial charge is 0.444 e. The molecule has 12 heterocycles. The molecular formula is C69H88BrCl2FN18O4. The molecule has 7 N–H and O–H groups in total. The molecule has 0 aromatic carbocycles. The first-order chi connectivity index (χ1) is 45.7. The van der Waals surface area contributed by atoms with Crippen molar-refractivity contribution in [1.29, 1.82) is 10.5 Å². The lowest BCUT2D eigenvalue weighted by molar-refractivity contribution is 0.0481. The number of alkyl halides is 1. The number of piperidine rings is 4. The van der Waals surface area contributed by atoms with E-state index in [1.165, 1.54) is 0 Å². The number of ether oxygens (including phenoxy) is 2. The van der Waals surface area contributed by atoms with E-state index < -0.39 is 18.4 Å². The summed E-state index contributed by atoms with van der Waals surface area (Å²) in [6.07, 6.45) is 17.1. The number of anilines is 3. The van der Waals surface area contributed by atoms with Gasteiger partial charge < -0.3 is 51.6 Å². The van der Waals surface area contributed by atoms with Crippen LogP contribution in [0.5, 0.6) is 0 Å². The van der Waals surface area contributed by atoms with E-state index in [9.17, 15) is 14.0 Å². The van der Waals surface area contributed by atoms with Crippen LogP contribution in [0, 0.1) is 46.3 Å². The molecule has 26 heteroatoms.